The summed E-state index contributed by atoms with van der Waals surface area (Å²) in [5, 5.41) is 3.32. The van der Waals surface area contributed by atoms with Gasteiger partial charge in [-0.25, -0.2) is 0 Å². The molecule has 0 saturated heterocycles. The van der Waals surface area contributed by atoms with Crippen LogP contribution in [0.15, 0.2) is 0 Å². The summed E-state index contributed by atoms with van der Waals surface area (Å²) < 4.78 is 10.7. The maximum atomic E-state index is 5.72. The molecule has 17 heavy (non-hydrogen) atoms. The van der Waals surface area contributed by atoms with E-state index in [1.54, 1.807) is 7.11 Å². The van der Waals surface area contributed by atoms with Crippen LogP contribution in [0.2, 0.25) is 0 Å². The van der Waals surface area contributed by atoms with Crippen molar-refractivity contribution in [3.05, 3.63) is 0 Å². The molecule has 0 saturated carbocycles. The molecule has 0 aliphatic carbocycles. The van der Waals surface area contributed by atoms with E-state index in [4.69, 9.17) is 9.47 Å². The molecule has 0 aromatic heterocycles. The van der Waals surface area contributed by atoms with Gasteiger partial charge in [0.05, 0.1) is 6.61 Å². The van der Waals surface area contributed by atoms with Crippen LogP contribution >= 0.6 is 0 Å². The first-order valence-electron chi connectivity index (χ1n) is 7.12. The lowest BCUT2D eigenvalue weighted by Crippen LogP contribution is -2.21. The highest BCUT2D eigenvalue weighted by molar-refractivity contribution is 4.56. The van der Waals surface area contributed by atoms with Crippen LogP contribution in [-0.4, -0.2) is 40.0 Å². The lowest BCUT2D eigenvalue weighted by Gasteiger charge is -2.14. The number of hydrogen-bond donors (Lipinski definition) is 1. The van der Waals surface area contributed by atoms with Crippen LogP contribution in [-0.2, 0) is 9.47 Å². The van der Waals surface area contributed by atoms with Crippen molar-refractivity contribution in [2.24, 2.45) is 5.92 Å². The van der Waals surface area contributed by atoms with Gasteiger partial charge < -0.3 is 14.8 Å². The van der Waals surface area contributed by atoms with Gasteiger partial charge in [-0.3, -0.25) is 0 Å². The van der Waals surface area contributed by atoms with Crippen LogP contribution < -0.4 is 5.32 Å². The Labute approximate surface area is 107 Å². The molecule has 3 heteroatoms. The van der Waals surface area contributed by atoms with Gasteiger partial charge in [-0.15, -0.1) is 0 Å². The van der Waals surface area contributed by atoms with Crippen LogP contribution in [0.25, 0.3) is 0 Å². The van der Waals surface area contributed by atoms with E-state index in [1.165, 1.54) is 25.7 Å². The van der Waals surface area contributed by atoms with Crippen molar-refractivity contribution >= 4 is 0 Å². The second kappa shape index (κ2) is 13.9. The van der Waals surface area contributed by atoms with Gasteiger partial charge in [0.25, 0.3) is 0 Å². The van der Waals surface area contributed by atoms with Crippen molar-refractivity contribution in [2.75, 3.05) is 40.0 Å². The van der Waals surface area contributed by atoms with E-state index in [0.29, 0.717) is 0 Å². The zero-order valence-electron chi connectivity index (χ0n) is 12.0. The molecule has 0 spiro atoms. The van der Waals surface area contributed by atoms with Crippen molar-refractivity contribution in [2.45, 2.75) is 46.0 Å². The summed E-state index contributed by atoms with van der Waals surface area (Å²) in [5.74, 6) is 0.761. The molecule has 0 heterocycles. The Morgan fingerprint density at radius 2 is 1.88 bits per heavy atom. The normalized spacial score (nSPS) is 12.9. The predicted molar refractivity (Wildman–Crippen MR) is 73.5 cm³/mol. The molecular formula is C14H31NO2. The molecule has 0 radical (unpaired) electrons. The molecule has 1 atom stereocenters. The van der Waals surface area contributed by atoms with Gasteiger partial charge in [-0.05, 0) is 25.3 Å². The minimum Gasteiger partial charge on any atom is -0.383 e. The molecule has 104 valence electrons. The van der Waals surface area contributed by atoms with E-state index in [0.717, 1.165) is 45.2 Å². The Hall–Kier alpha value is -0.120. The van der Waals surface area contributed by atoms with E-state index >= 15 is 0 Å². The molecule has 0 bridgehead atoms. The van der Waals surface area contributed by atoms with Gasteiger partial charge in [-0.2, -0.15) is 0 Å². The Morgan fingerprint density at radius 1 is 1.06 bits per heavy atom. The summed E-state index contributed by atoms with van der Waals surface area (Å²) in [4.78, 5) is 0. The summed E-state index contributed by atoms with van der Waals surface area (Å²) in [6.07, 6.45) is 6.28. The minimum absolute atomic E-state index is 0.761. The summed E-state index contributed by atoms with van der Waals surface area (Å²) in [6, 6.07) is 0. The van der Waals surface area contributed by atoms with E-state index in [-0.39, 0.29) is 0 Å². The zero-order valence-corrected chi connectivity index (χ0v) is 12.0. The highest BCUT2D eigenvalue weighted by Crippen LogP contribution is 2.12. The third-order valence-corrected chi connectivity index (χ3v) is 3.02. The first-order valence-corrected chi connectivity index (χ1v) is 7.12. The van der Waals surface area contributed by atoms with Crippen molar-refractivity contribution in [1.29, 1.82) is 0 Å². The van der Waals surface area contributed by atoms with Gasteiger partial charge in [0.1, 0.15) is 0 Å². The van der Waals surface area contributed by atoms with Gasteiger partial charge >= 0.3 is 0 Å². The molecule has 0 amide bonds. The second-order valence-corrected chi connectivity index (χ2v) is 4.59. The van der Waals surface area contributed by atoms with Crippen molar-refractivity contribution in [3.63, 3.8) is 0 Å². The summed E-state index contributed by atoms with van der Waals surface area (Å²) in [6.45, 7) is 9.07. The van der Waals surface area contributed by atoms with Crippen molar-refractivity contribution in [3.8, 4) is 0 Å². The maximum Gasteiger partial charge on any atom is 0.0587 e. The van der Waals surface area contributed by atoms with Crippen LogP contribution in [0.4, 0.5) is 0 Å². The van der Waals surface area contributed by atoms with Crippen LogP contribution in [0.1, 0.15) is 46.0 Å². The van der Waals surface area contributed by atoms with Gasteiger partial charge in [-0.1, -0.05) is 33.1 Å². The average molecular weight is 245 g/mol. The number of nitrogens with one attached hydrogen (secondary N) is 1. The average Bonchev–Trinajstić information content (AvgIpc) is 2.36. The zero-order chi connectivity index (χ0) is 12.8. The number of hydrogen-bond acceptors (Lipinski definition) is 3. The molecule has 0 aromatic rings. The minimum atomic E-state index is 0.761. The first-order chi connectivity index (χ1) is 8.35. The fraction of sp³-hybridized carbons (Fsp3) is 1.00. The highest BCUT2D eigenvalue weighted by Gasteiger charge is 2.05. The molecule has 0 aromatic carbocycles. The third kappa shape index (κ3) is 12.1. The smallest absolute Gasteiger partial charge is 0.0587 e. The number of unbranched alkanes of at least 4 members (excludes halogenated alkanes) is 1. The highest BCUT2D eigenvalue weighted by atomic mass is 16.5. The molecule has 1 unspecified atom stereocenters. The Balaban J connectivity index is 3.19. The molecule has 3 nitrogen and oxygen atoms in total. The summed E-state index contributed by atoms with van der Waals surface area (Å²) >= 11 is 0. The molecule has 1 N–H and O–H groups in total. The molecule has 0 rings (SSSR count). The lowest BCUT2D eigenvalue weighted by atomic mass is 10.0. The Kier molecular flexibility index (Phi) is 13.8. The second-order valence-electron chi connectivity index (χ2n) is 4.59. The molecule has 0 fully saturated rings. The molecule has 0 aliphatic rings. The predicted octanol–water partition coefficient (Wildman–Crippen LogP) is 2.85. The van der Waals surface area contributed by atoms with Gasteiger partial charge in [0.2, 0.25) is 0 Å². The topological polar surface area (TPSA) is 30.5 Å². The van der Waals surface area contributed by atoms with E-state index in [1.807, 2.05) is 0 Å². The Morgan fingerprint density at radius 3 is 2.53 bits per heavy atom. The largest absolute Gasteiger partial charge is 0.383 e. The van der Waals surface area contributed by atoms with E-state index < -0.39 is 0 Å². The van der Waals surface area contributed by atoms with Gasteiger partial charge in [0, 0.05) is 26.9 Å². The molecule has 0 aliphatic heterocycles. The fourth-order valence-electron chi connectivity index (χ4n) is 1.75. The summed E-state index contributed by atoms with van der Waals surface area (Å²) in [5.41, 5.74) is 0. The van der Waals surface area contributed by atoms with Crippen LogP contribution in [0.5, 0.6) is 0 Å². The Bertz CT molecular complexity index is 142. The van der Waals surface area contributed by atoms with Crippen molar-refractivity contribution < 1.29 is 9.47 Å². The SMILES string of the molecule is CCCCC(CC)COCCCNCCOC. The maximum absolute atomic E-state index is 5.72. The quantitative estimate of drug-likeness (QED) is 0.506. The fourth-order valence-corrected chi connectivity index (χ4v) is 1.75. The van der Waals surface area contributed by atoms with E-state index in [9.17, 15) is 0 Å². The standard InChI is InChI=1S/C14H31NO2/c1-4-6-8-14(5-2)13-17-11-7-9-15-10-12-16-3/h14-15H,4-13H2,1-3H3. The van der Waals surface area contributed by atoms with Crippen LogP contribution in [0.3, 0.4) is 0 Å². The monoisotopic (exact) mass is 245 g/mol. The number of ether oxygens (including phenoxy) is 2. The van der Waals surface area contributed by atoms with E-state index in [2.05, 4.69) is 19.2 Å². The number of methoxy groups -OCH3 is 1. The number of rotatable bonds is 13. The molecular weight excluding hydrogens is 214 g/mol. The lowest BCUT2D eigenvalue weighted by molar-refractivity contribution is 0.0918. The first kappa shape index (κ1) is 16.9. The van der Waals surface area contributed by atoms with Crippen LogP contribution in [0, 0.1) is 5.92 Å². The third-order valence-electron chi connectivity index (χ3n) is 3.02. The van der Waals surface area contributed by atoms with Gasteiger partial charge in [0.15, 0.2) is 0 Å². The summed E-state index contributed by atoms with van der Waals surface area (Å²) in [7, 11) is 1.73. The van der Waals surface area contributed by atoms with Crippen molar-refractivity contribution in [1.82, 2.24) is 5.32 Å².